The zero-order valence-electron chi connectivity index (χ0n) is 6.46. The van der Waals surface area contributed by atoms with E-state index in [4.69, 9.17) is 5.73 Å². The Labute approximate surface area is 87.2 Å². The molecular weight excluding hydrogens is 290 g/mol. The molecule has 0 saturated heterocycles. The summed E-state index contributed by atoms with van der Waals surface area (Å²) < 4.78 is 13.4. The molecule has 0 radical (unpaired) electrons. The summed E-state index contributed by atoms with van der Waals surface area (Å²) in [5.41, 5.74) is 5.48. The number of nitro benzene ring substituents is 1. The van der Waals surface area contributed by atoms with Crippen LogP contribution in [0.3, 0.4) is 0 Å². The predicted molar refractivity (Wildman–Crippen MR) is 53.7 cm³/mol. The van der Waals surface area contributed by atoms with Gasteiger partial charge in [-0.2, -0.15) is 0 Å². The molecule has 0 spiro atoms. The average molecular weight is 296 g/mol. The second kappa shape index (κ2) is 3.97. The number of benzene rings is 1. The highest BCUT2D eigenvalue weighted by Gasteiger charge is 2.13. The van der Waals surface area contributed by atoms with E-state index < -0.39 is 10.7 Å². The number of non-ortho nitro benzene ring substituents is 1. The van der Waals surface area contributed by atoms with Crippen molar-refractivity contribution in [1.29, 1.82) is 0 Å². The minimum atomic E-state index is -0.641. The molecule has 0 aliphatic rings. The first-order valence-electron chi connectivity index (χ1n) is 3.38. The minimum absolute atomic E-state index is 0.0941. The van der Waals surface area contributed by atoms with Crippen LogP contribution in [0, 0.1) is 19.5 Å². The number of halogens is 2. The van der Waals surface area contributed by atoms with Crippen LogP contribution in [0.4, 0.5) is 10.1 Å². The Morgan fingerprint density at radius 2 is 2.23 bits per heavy atom. The number of nitro groups is 1. The molecule has 0 bridgehead atoms. The summed E-state index contributed by atoms with van der Waals surface area (Å²) in [4.78, 5) is 9.69. The first kappa shape index (κ1) is 10.3. The second-order valence-corrected chi connectivity index (χ2v) is 3.44. The molecule has 0 unspecified atom stereocenters. The molecule has 6 heteroatoms. The van der Waals surface area contributed by atoms with Crippen LogP contribution in [-0.2, 0) is 6.54 Å². The van der Waals surface area contributed by atoms with Gasteiger partial charge in [-0.05, 0) is 28.2 Å². The lowest BCUT2D eigenvalue weighted by Gasteiger charge is -2.01. The van der Waals surface area contributed by atoms with E-state index in [1.165, 1.54) is 6.07 Å². The summed E-state index contributed by atoms with van der Waals surface area (Å²) >= 11 is 1.77. The van der Waals surface area contributed by atoms with Crippen molar-refractivity contribution in [2.75, 3.05) is 0 Å². The Morgan fingerprint density at radius 3 is 2.69 bits per heavy atom. The number of hydrogen-bond acceptors (Lipinski definition) is 3. The molecule has 0 amide bonds. The number of nitrogens with two attached hydrogens (primary N) is 1. The molecular formula is C7H6FIN2O2. The van der Waals surface area contributed by atoms with Gasteiger partial charge in [0.25, 0.3) is 5.69 Å². The van der Waals surface area contributed by atoms with E-state index in [2.05, 4.69) is 0 Å². The fourth-order valence-electron chi connectivity index (χ4n) is 0.884. The molecule has 0 saturated carbocycles. The van der Waals surface area contributed by atoms with Crippen molar-refractivity contribution in [2.45, 2.75) is 6.54 Å². The minimum Gasteiger partial charge on any atom is -0.326 e. The molecule has 0 aromatic heterocycles. The molecule has 2 N–H and O–H groups in total. The van der Waals surface area contributed by atoms with Crippen LogP contribution in [0.2, 0.25) is 0 Å². The van der Waals surface area contributed by atoms with Gasteiger partial charge >= 0.3 is 0 Å². The third-order valence-corrected chi connectivity index (χ3v) is 2.73. The summed E-state index contributed by atoms with van der Waals surface area (Å²) in [6.07, 6.45) is 0. The molecule has 1 aromatic rings. The van der Waals surface area contributed by atoms with Gasteiger partial charge in [0.2, 0.25) is 0 Å². The van der Waals surface area contributed by atoms with Crippen molar-refractivity contribution in [3.05, 3.63) is 37.2 Å². The fourth-order valence-corrected chi connectivity index (χ4v) is 1.42. The second-order valence-electron chi connectivity index (χ2n) is 2.36. The van der Waals surface area contributed by atoms with Gasteiger partial charge in [-0.25, -0.2) is 4.39 Å². The number of nitrogens with zero attached hydrogens (tertiary/aromatic N) is 1. The number of hydrogen-bond donors (Lipinski definition) is 1. The monoisotopic (exact) mass is 296 g/mol. The van der Waals surface area contributed by atoms with Crippen LogP contribution >= 0.6 is 22.6 Å². The average Bonchev–Trinajstić information content (AvgIpc) is 2.09. The summed E-state index contributed by atoms with van der Waals surface area (Å²) in [5, 5.41) is 10.3. The van der Waals surface area contributed by atoms with Crippen molar-refractivity contribution in [1.82, 2.24) is 0 Å². The maximum Gasteiger partial charge on any atom is 0.272 e. The maximum absolute atomic E-state index is 13.0. The van der Waals surface area contributed by atoms with Crippen LogP contribution in [0.5, 0.6) is 0 Å². The van der Waals surface area contributed by atoms with Gasteiger partial charge in [-0.1, -0.05) is 0 Å². The predicted octanol–water partition coefficient (Wildman–Crippen LogP) is 1.80. The zero-order chi connectivity index (χ0) is 10.0. The molecule has 0 heterocycles. The molecule has 0 aliphatic heterocycles. The highest BCUT2D eigenvalue weighted by atomic mass is 127. The standard InChI is InChI=1S/C7H6FIN2O2/c8-6-2-5(11(12)13)1-4(3-10)7(6)9/h1-2H,3,10H2. The van der Waals surface area contributed by atoms with Crippen LogP contribution < -0.4 is 5.73 Å². The summed E-state index contributed by atoms with van der Waals surface area (Å²) in [6, 6.07) is 2.17. The van der Waals surface area contributed by atoms with E-state index in [1.807, 2.05) is 0 Å². The van der Waals surface area contributed by atoms with Crippen LogP contribution in [-0.4, -0.2) is 4.92 Å². The quantitative estimate of drug-likeness (QED) is 0.514. The lowest BCUT2D eigenvalue weighted by molar-refractivity contribution is -0.385. The first-order valence-corrected chi connectivity index (χ1v) is 4.46. The molecule has 0 aliphatic carbocycles. The highest BCUT2D eigenvalue weighted by Crippen LogP contribution is 2.22. The molecule has 1 aromatic carbocycles. The van der Waals surface area contributed by atoms with E-state index in [-0.39, 0.29) is 12.2 Å². The Balaban J connectivity index is 3.30. The van der Waals surface area contributed by atoms with Crippen molar-refractivity contribution in [3.63, 3.8) is 0 Å². The zero-order valence-corrected chi connectivity index (χ0v) is 8.62. The van der Waals surface area contributed by atoms with E-state index in [0.717, 1.165) is 6.07 Å². The van der Waals surface area contributed by atoms with Gasteiger partial charge in [0.1, 0.15) is 5.82 Å². The fraction of sp³-hybridized carbons (Fsp3) is 0.143. The van der Waals surface area contributed by atoms with Gasteiger partial charge in [0.05, 0.1) is 14.6 Å². The largest absolute Gasteiger partial charge is 0.326 e. The van der Waals surface area contributed by atoms with E-state index >= 15 is 0 Å². The maximum atomic E-state index is 13.0. The van der Waals surface area contributed by atoms with E-state index in [9.17, 15) is 14.5 Å². The lowest BCUT2D eigenvalue weighted by Crippen LogP contribution is -2.02. The van der Waals surface area contributed by atoms with Gasteiger partial charge in [0.15, 0.2) is 0 Å². The summed E-state index contributed by atoms with van der Waals surface area (Å²) in [5.74, 6) is -0.602. The van der Waals surface area contributed by atoms with Gasteiger partial charge in [-0.15, -0.1) is 0 Å². The van der Waals surface area contributed by atoms with Gasteiger partial charge in [0, 0.05) is 12.6 Å². The third-order valence-electron chi connectivity index (χ3n) is 1.52. The molecule has 13 heavy (non-hydrogen) atoms. The Kier molecular flexibility index (Phi) is 3.15. The van der Waals surface area contributed by atoms with E-state index in [1.54, 1.807) is 22.6 Å². The van der Waals surface area contributed by atoms with Crippen molar-refractivity contribution >= 4 is 28.3 Å². The van der Waals surface area contributed by atoms with E-state index in [0.29, 0.717) is 9.13 Å². The van der Waals surface area contributed by atoms with Crippen LogP contribution in [0.15, 0.2) is 12.1 Å². The molecule has 70 valence electrons. The van der Waals surface area contributed by atoms with Crippen LogP contribution in [0.25, 0.3) is 0 Å². The molecule has 0 atom stereocenters. The normalized spacial score (nSPS) is 10.1. The Bertz CT molecular complexity index is 357. The molecule has 0 fully saturated rings. The SMILES string of the molecule is NCc1cc([N+](=O)[O-])cc(F)c1I. The summed E-state index contributed by atoms with van der Waals surface area (Å²) in [6.45, 7) is 0.0941. The van der Waals surface area contributed by atoms with Crippen LogP contribution in [0.1, 0.15) is 5.56 Å². The van der Waals surface area contributed by atoms with Crippen molar-refractivity contribution < 1.29 is 9.31 Å². The van der Waals surface area contributed by atoms with Crippen molar-refractivity contribution in [2.24, 2.45) is 5.73 Å². The third kappa shape index (κ3) is 2.13. The lowest BCUT2D eigenvalue weighted by atomic mass is 10.2. The molecule has 1 rings (SSSR count). The highest BCUT2D eigenvalue weighted by molar-refractivity contribution is 14.1. The van der Waals surface area contributed by atoms with Gasteiger partial charge in [-0.3, -0.25) is 10.1 Å². The molecule has 4 nitrogen and oxygen atoms in total. The summed E-state index contributed by atoms with van der Waals surface area (Å²) in [7, 11) is 0. The van der Waals surface area contributed by atoms with Gasteiger partial charge < -0.3 is 5.73 Å². The topological polar surface area (TPSA) is 69.2 Å². The first-order chi connectivity index (χ1) is 6.06. The Hall–Kier alpha value is -0.760. The number of rotatable bonds is 2. The Morgan fingerprint density at radius 1 is 1.62 bits per heavy atom. The van der Waals surface area contributed by atoms with Crippen molar-refractivity contribution in [3.8, 4) is 0 Å². The smallest absolute Gasteiger partial charge is 0.272 e.